The smallest absolute Gasteiger partial charge is 0.171 e. The van der Waals surface area contributed by atoms with Gasteiger partial charge in [-0.15, -0.1) is 0 Å². The van der Waals surface area contributed by atoms with Crippen molar-refractivity contribution >= 4 is 156 Å². The molecule has 4 aliphatic rings. The maximum Gasteiger partial charge on any atom is 0.171 e. The second kappa shape index (κ2) is 23.6. The Balaban J connectivity index is 0.000000129. The second-order valence-electron chi connectivity index (χ2n) is 30.3. The largest absolute Gasteiger partial charge is 0.456 e. The quantitative estimate of drug-likeness (QED) is 0.161. The number of benzene rings is 17. The molecular formula is C104H63N4O2PS2. The van der Waals surface area contributed by atoms with Gasteiger partial charge in [-0.25, -0.2) is 0 Å². The van der Waals surface area contributed by atoms with Crippen molar-refractivity contribution in [2.24, 2.45) is 0 Å². The molecule has 0 amide bonds. The molecule has 0 bridgehead atoms. The molecule has 4 aliphatic heterocycles. The van der Waals surface area contributed by atoms with Crippen LogP contribution in [-0.2, 0) is 15.4 Å². The van der Waals surface area contributed by atoms with Crippen LogP contribution in [0.25, 0.3) is 132 Å². The van der Waals surface area contributed by atoms with Gasteiger partial charge in [0.1, 0.15) is 11.2 Å². The van der Waals surface area contributed by atoms with Gasteiger partial charge in [0.15, 0.2) is 7.14 Å². The van der Waals surface area contributed by atoms with Gasteiger partial charge in [0.25, 0.3) is 0 Å². The zero-order chi connectivity index (χ0) is 74.0. The summed E-state index contributed by atoms with van der Waals surface area (Å²) in [7, 11) is -3.15. The first-order valence-electron chi connectivity index (χ1n) is 38.6. The molecule has 9 heterocycles. The summed E-state index contributed by atoms with van der Waals surface area (Å²) in [6.07, 6.45) is 0. The standard InChI is InChI=1S/C55H35N2OPS.C49H28N2OS/c58-59(37-16-3-1-4-17-37,38-18-5-2-6-19-38)39-32-30-36(31-33-39)56-48-26-11-7-21-41(48)43-34-35-47-54(53(43)56)60-51-29-14-10-24-45(51)55(47)44-23-9-13-28-50(44)57-49-27-12-8-20-40(49)42-22-15-25-46(55)52(42)57;1-6-19-40-31(13-1)34-25-26-39-48(47(34)50(40)29-24-27-44-35(28-29)32-14-3-9-22-43(32)52-44)53-45-23-10-5-17-37(45)49(39)36-16-4-8-21-42(36)51-41-20-7-2-12-30(41)33-15-11-18-38(49)46(33)51/h1-35H;1-28H. The van der Waals surface area contributed by atoms with E-state index in [1.807, 2.05) is 90.3 Å². The van der Waals surface area contributed by atoms with E-state index in [1.165, 1.54) is 157 Å². The van der Waals surface area contributed by atoms with Gasteiger partial charge in [-0.1, -0.05) is 309 Å². The van der Waals surface area contributed by atoms with Crippen LogP contribution in [0.3, 0.4) is 0 Å². The summed E-state index contributed by atoms with van der Waals surface area (Å²) in [5, 5.41) is 14.8. The fourth-order valence-electron chi connectivity index (χ4n) is 20.6. The Bertz CT molecular complexity index is 7900. The number of para-hydroxylation sites is 9. The molecule has 0 radical (unpaired) electrons. The third kappa shape index (κ3) is 8.33. The van der Waals surface area contributed by atoms with Gasteiger partial charge in [0.2, 0.25) is 0 Å². The van der Waals surface area contributed by atoms with Crippen molar-refractivity contribution < 1.29 is 8.98 Å². The minimum absolute atomic E-state index is 0.544. The first-order valence-corrected chi connectivity index (χ1v) is 42.0. The average Bonchev–Trinajstić information content (AvgIpc) is 1.63. The second-order valence-corrected chi connectivity index (χ2v) is 35.2. The van der Waals surface area contributed by atoms with Crippen LogP contribution in [0.1, 0.15) is 44.5 Å². The van der Waals surface area contributed by atoms with E-state index in [1.54, 1.807) is 0 Å². The van der Waals surface area contributed by atoms with E-state index in [9.17, 15) is 0 Å². The van der Waals surface area contributed by atoms with Gasteiger partial charge in [0, 0.05) is 101 Å². The Kier molecular flexibility index (Phi) is 13.3. The first kappa shape index (κ1) is 63.4. The highest BCUT2D eigenvalue weighted by atomic mass is 32.2. The number of nitrogens with zero attached hydrogens (tertiary/aromatic N) is 4. The Morgan fingerprint density at radius 2 is 0.593 bits per heavy atom. The zero-order valence-electron chi connectivity index (χ0n) is 60.7. The van der Waals surface area contributed by atoms with E-state index in [4.69, 9.17) is 4.42 Å². The summed E-state index contributed by atoms with van der Waals surface area (Å²) in [6, 6.07) is 139. The molecule has 0 N–H and O–H groups in total. The first-order chi connectivity index (χ1) is 56.0. The van der Waals surface area contributed by atoms with Gasteiger partial charge in [-0.05, 0) is 142 Å². The molecule has 0 fully saturated rings. The number of furan rings is 1. The molecule has 0 saturated carbocycles. The Hall–Kier alpha value is -13.3. The molecule has 0 saturated heterocycles. The van der Waals surface area contributed by atoms with Gasteiger partial charge >= 0.3 is 0 Å². The van der Waals surface area contributed by atoms with Crippen molar-refractivity contribution in [2.45, 2.75) is 30.4 Å². The average molecular weight is 1500 g/mol. The van der Waals surface area contributed by atoms with Crippen molar-refractivity contribution in [2.75, 3.05) is 0 Å². The maximum absolute atomic E-state index is 15.4. The van der Waals surface area contributed by atoms with Crippen LogP contribution >= 0.6 is 30.7 Å². The summed E-state index contributed by atoms with van der Waals surface area (Å²) in [6.45, 7) is 0. The van der Waals surface area contributed by atoms with E-state index < -0.39 is 18.0 Å². The Morgan fingerprint density at radius 1 is 0.239 bits per heavy atom. The molecular weight excluding hydrogens is 1430 g/mol. The highest BCUT2D eigenvalue weighted by Gasteiger charge is 2.52. The SMILES string of the molecule is O=P(c1ccccc1)(c1ccccc1)c1ccc(-n2c3ccccc3c3ccc4c(c32)Sc2ccccc2C42c3ccccc3-n3c4ccccc4c4cccc2c43)cc1.c1ccc2c(c1)Sc1c(ccc3c4ccccc4n(-c4ccc5oc6ccccc6c5c4)c13)C21c2ccccc2-n2c3ccccc3c3cccc1c32. The molecule has 9 heteroatoms. The summed E-state index contributed by atoms with van der Waals surface area (Å²) < 4.78 is 31.7. The topological polar surface area (TPSA) is 49.9 Å². The van der Waals surface area contributed by atoms with Crippen molar-refractivity contribution in [1.82, 2.24) is 18.3 Å². The van der Waals surface area contributed by atoms with Crippen molar-refractivity contribution in [3.8, 4) is 22.7 Å². The monoisotopic (exact) mass is 1490 g/mol. The molecule has 2 spiro atoms. The molecule has 2 atom stereocenters. The van der Waals surface area contributed by atoms with Crippen molar-refractivity contribution in [3.63, 3.8) is 0 Å². The van der Waals surface area contributed by atoms with Crippen molar-refractivity contribution in [1.29, 1.82) is 0 Å². The number of rotatable bonds is 5. The van der Waals surface area contributed by atoms with Crippen LogP contribution in [0.2, 0.25) is 0 Å². The Morgan fingerprint density at radius 3 is 1.09 bits per heavy atom. The molecule has 0 aliphatic carbocycles. The van der Waals surface area contributed by atoms with Crippen LogP contribution in [0, 0.1) is 0 Å². The lowest BCUT2D eigenvalue weighted by Crippen LogP contribution is -2.37. The normalized spacial score (nSPS) is 15.6. The lowest BCUT2D eigenvalue weighted by Gasteiger charge is -2.45. The van der Waals surface area contributed by atoms with Crippen LogP contribution in [0.4, 0.5) is 0 Å². The molecule has 26 rings (SSSR count). The van der Waals surface area contributed by atoms with E-state index in [2.05, 4.69) is 334 Å². The summed E-state index contributed by atoms with van der Waals surface area (Å²) in [5.41, 5.74) is 25.6. The highest BCUT2D eigenvalue weighted by molar-refractivity contribution is 8.00. The molecule has 113 heavy (non-hydrogen) atoms. The van der Waals surface area contributed by atoms with E-state index >= 15 is 4.57 Å². The van der Waals surface area contributed by atoms with Gasteiger partial charge < -0.3 is 27.3 Å². The number of hydrogen-bond acceptors (Lipinski definition) is 4. The van der Waals surface area contributed by atoms with Crippen LogP contribution < -0.4 is 15.9 Å². The van der Waals surface area contributed by atoms with Crippen LogP contribution in [0.15, 0.2) is 406 Å². The van der Waals surface area contributed by atoms with E-state index in [0.29, 0.717) is 0 Å². The van der Waals surface area contributed by atoms with Crippen LogP contribution in [-0.4, -0.2) is 18.3 Å². The lowest BCUT2D eigenvalue weighted by molar-refractivity contribution is 0.592. The number of hydrogen-bond donors (Lipinski definition) is 0. The molecule has 528 valence electrons. The fourth-order valence-corrected chi connectivity index (χ4v) is 25.9. The third-order valence-corrected chi connectivity index (χ3v) is 30.5. The van der Waals surface area contributed by atoms with Gasteiger partial charge in [0.05, 0.1) is 66.3 Å². The maximum atomic E-state index is 15.4. The minimum atomic E-state index is -3.15. The van der Waals surface area contributed by atoms with Crippen molar-refractivity contribution in [3.05, 3.63) is 427 Å². The summed E-state index contributed by atoms with van der Waals surface area (Å²) in [5.74, 6) is 0. The van der Waals surface area contributed by atoms with E-state index in [0.717, 1.165) is 54.7 Å². The molecule has 5 aromatic heterocycles. The third-order valence-electron chi connectivity index (χ3n) is 25.0. The summed E-state index contributed by atoms with van der Waals surface area (Å²) in [4.78, 5) is 5.10. The van der Waals surface area contributed by atoms with E-state index in [-0.39, 0.29) is 0 Å². The predicted molar refractivity (Wildman–Crippen MR) is 469 cm³/mol. The zero-order valence-corrected chi connectivity index (χ0v) is 63.3. The fraction of sp³-hybridized carbons (Fsp3) is 0.0192. The molecule has 17 aromatic carbocycles. The molecule has 6 nitrogen and oxygen atoms in total. The number of fused-ring (bicyclic) bond motifs is 33. The van der Waals surface area contributed by atoms with Gasteiger partial charge in [-0.3, -0.25) is 0 Å². The van der Waals surface area contributed by atoms with Gasteiger partial charge in [-0.2, -0.15) is 0 Å². The predicted octanol–water partition coefficient (Wildman–Crippen LogP) is 25.6. The number of aromatic nitrogens is 4. The minimum Gasteiger partial charge on any atom is -0.456 e. The molecule has 22 aromatic rings. The molecule has 2 unspecified atom stereocenters. The Labute approximate surface area is 658 Å². The highest BCUT2D eigenvalue weighted by Crippen LogP contribution is 2.65. The van der Waals surface area contributed by atoms with Crippen LogP contribution in [0.5, 0.6) is 0 Å². The lowest BCUT2D eigenvalue weighted by atomic mass is 9.62. The summed E-state index contributed by atoms with van der Waals surface area (Å²) >= 11 is 3.80.